The zero-order chi connectivity index (χ0) is 28.2. The SMILES string of the molecule is CCOC(=O)c1ccc(NC(=O)C(=O)NCc2ccc(/C=N/NC(=O)C(=O)NCc3ccc(Cl)cc3)o2)cc1. The summed E-state index contributed by atoms with van der Waals surface area (Å²) in [6, 6.07) is 15.7. The van der Waals surface area contributed by atoms with Crippen LogP contribution in [0.4, 0.5) is 5.69 Å². The van der Waals surface area contributed by atoms with Crippen LogP contribution >= 0.6 is 11.6 Å². The minimum Gasteiger partial charge on any atom is -0.462 e. The molecule has 0 unspecified atom stereocenters. The number of halogens is 1. The molecular weight excluding hydrogens is 530 g/mol. The van der Waals surface area contributed by atoms with Crippen molar-refractivity contribution in [3.63, 3.8) is 0 Å². The molecule has 12 nitrogen and oxygen atoms in total. The Morgan fingerprint density at radius 3 is 2.21 bits per heavy atom. The highest BCUT2D eigenvalue weighted by molar-refractivity contribution is 6.39. The van der Waals surface area contributed by atoms with E-state index in [2.05, 4.69) is 26.5 Å². The maximum Gasteiger partial charge on any atom is 0.338 e. The summed E-state index contributed by atoms with van der Waals surface area (Å²) in [6.07, 6.45) is 1.17. The molecule has 0 spiro atoms. The molecule has 3 rings (SSSR count). The first-order valence-corrected chi connectivity index (χ1v) is 11.9. The number of esters is 1. The van der Waals surface area contributed by atoms with Gasteiger partial charge in [0.1, 0.15) is 11.5 Å². The highest BCUT2D eigenvalue weighted by atomic mass is 35.5. The maximum atomic E-state index is 12.1. The molecule has 4 amide bonds. The zero-order valence-corrected chi connectivity index (χ0v) is 21.4. The molecule has 202 valence electrons. The van der Waals surface area contributed by atoms with Crippen molar-refractivity contribution in [1.82, 2.24) is 16.1 Å². The van der Waals surface area contributed by atoms with Crippen molar-refractivity contribution in [2.75, 3.05) is 11.9 Å². The molecule has 1 heterocycles. The molecule has 0 fully saturated rings. The average molecular weight is 554 g/mol. The van der Waals surface area contributed by atoms with Gasteiger partial charge >= 0.3 is 29.6 Å². The summed E-state index contributed by atoms with van der Waals surface area (Å²) in [5.74, 6) is -3.62. The molecule has 4 N–H and O–H groups in total. The van der Waals surface area contributed by atoms with Crippen LogP contribution in [0.25, 0.3) is 0 Å². The Hall–Kier alpha value is -4.97. The Bertz CT molecular complexity index is 1370. The van der Waals surface area contributed by atoms with Crippen molar-refractivity contribution < 1.29 is 33.1 Å². The van der Waals surface area contributed by atoms with E-state index in [-0.39, 0.29) is 25.5 Å². The Balaban J connectivity index is 1.39. The topological polar surface area (TPSA) is 168 Å². The molecule has 3 aromatic rings. The van der Waals surface area contributed by atoms with Crippen LogP contribution in [0.15, 0.2) is 70.2 Å². The van der Waals surface area contributed by atoms with Gasteiger partial charge in [-0.25, -0.2) is 10.2 Å². The standard InChI is InChI=1S/C26H24ClN5O7/c1-2-38-26(37)17-5-9-19(10-6-17)31-24(35)22(33)29-14-20-11-12-21(39-20)15-30-32-25(36)23(34)28-13-16-3-7-18(27)8-4-16/h3-12,15H,2,13-14H2,1H3,(H,28,34)(H,29,33)(H,31,35)(H,32,36)/b30-15+. The number of rotatable bonds is 9. The number of anilines is 1. The molecule has 13 heteroatoms. The molecule has 0 bridgehead atoms. The van der Waals surface area contributed by atoms with Gasteiger partial charge in [-0.3, -0.25) is 19.2 Å². The second kappa shape index (κ2) is 14.1. The average Bonchev–Trinajstić information content (AvgIpc) is 3.39. The van der Waals surface area contributed by atoms with E-state index >= 15 is 0 Å². The first-order chi connectivity index (χ1) is 18.7. The number of hydrogen-bond acceptors (Lipinski definition) is 8. The van der Waals surface area contributed by atoms with Crippen LogP contribution in [0.1, 0.15) is 34.4 Å². The van der Waals surface area contributed by atoms with Gasteiger partial charge in [0.15, 0.2) is 0 Å². The normalized spacial score (nSPS) is 10.5. The van der Waals surface area contributed by atoms with Crippen LogP contribution in [0, 0.1) is 0 Å². The molecule has 0 saturated heterocycles. The van der Waals surface area contributed by atoms with Crippen LogP contribution in [-0.4, -0.2) is 42.4 Å². The lowest BCUT2D eigenvalue weighted by atomic mass is 10.2. The number of hydrogen-bond donors (Lipinski definition) is 4. The predicted molar refractivity (Wildman–Crippen MR) is 141 cm³/mol. The van der Waals surface area contributed by atoms with Gasteiger partial charge in [-0.05, 0) is 61.0 Å². The summed E-state index contributed by atoms with van der Waals surface area (Å²) in [7, 11) is 0. The van der Waals surface area contributed by atoms with Gasteiger partial charge in [0.25, 0.3) is 0 Å². The quantitative estimate of drug-likeness (QED) is 0.136. The molecule has 2 aromatic carbocycles. The number of nitrogens with zero attached hydrogens (tertiary/aromatic N) is 1. The van der Waals surface area contributed by atoms with E-state index in [0.717, 1.165) is 5.56 Å². The van der Waals surface area contributed by atoms with Gasteiger partial charge in [-0.1, -0.05) is 23.7 Å². The molecule has 39 heavy (non-hydrogen) atoms. The zero-order valence-electron chi connectivity index (χ0n) is 20.7. The largest absolute Gasteiger partial charge is 0.462 e. The van der Waals surface area contributed by atoms with E-state index < -0.39 is 29.6 Å². The lowest BCUT2D eigenvalue weighted by Crippen LogP contribution is -2.37. The summed E-state index contributed by atoms with van der Waals surface area (Å²) in [6.45, 7) is 1.97. The van der Waals surface area contributed by atoms with E-state index in [1.165, 1.54) is 42.6 Å². The van der Waals surface area contributed by atoms with Gasteiger partial charge in [0, 0.05) is 17.3 Å². The summed E-state index contributed by atoms with van der Waals surface area (Å²) in [5.41, 5.74) is 3.48. The van der Waals surface area contributed by atoms with E-state index in [4.69, 9.17) is 20.8 Å². The number of carbonyl (C=O) groups excluding carboxylic acids is 5. The minimum absolute atomic E-state index is 0.0959. The molecule has 0 aliphatic heterocycles. The van der Waals surface area contributed by atoms with Crippen LogP contribution in [0.5, 0.6) is 0 Å². The van der Waals surface area contributed by atoms with E-state index in [1.807, 2.05) is 0 Å². The molecule has 0 saturated carbocycles. The number of hydrazone groups is 1. The number of carbonyl (C=O) groups is 5. The third-order valence-corrected chi connectivity index (χ3v) is 5.15. The van der Waals surface area contributed by atoms with Gasteiger partial charge in [-0.2, -0.15) is 5.10 Å². The van der Waals surface area contributed by atoms with Gasteiger partial charge in [-0.15, -0.1) is 0 Å². The highest BCUT2D eigenvalue weighted by Gasteiger charge is 2.15. The smallest absolute Gasteiger partial charge is 0.338 e. The Kier molecular flexibility index (Phi) is 10.3. The number of nitrogens with one attached hydrogen (secondary N) is 4. The summed E-state index contributed by atoms with van der Waals surface area (Å²) >= 11 is 5.80. The van der Waals surface area contributed by atoms with Crippen molar-refractivity contribution in [3.8, 4) is 0 Å². The molecular formula is C26H24ClN5O7. The third-order valence-electron chi connectivity index (χ3n) is 4.90. The highest BCUT2D eigenvalue weighted by Crippen LogP contribution is 2.11. The fourth-order valence-corrected chi connectivity index (χ4v) is 3.09. The summed E-state index contributed by atoms with van der Waals surface area (Å²) < 4.78 is 10.3. The van der Waals surface area contributed by atoms with Gasteiger partial charge in [0.05, 0.1) is 24.9 Å². The molecule has 0 radical (unpaired) electrons. The van der Waals surface area contributed by atoms with E-state index in [1.54, 1.807) is 31.2 Å². The van der Waals surface area contributed by atoms with E-state index in [0.29, 0.717) is 22.0 Å². The number of amides is 4. The van der Waals surface area contributed by atoms with Gasteiger partial charge in [0.2, 0.25) is 0 Å². The monoisotopic (exact) mass is 553 g/mol. The fourth-order valence-electron chi connectivity index (χ4n) is 2.97. The molecule has 0 atom stereocenters. The number of furan rings is 1. The van der Waals surface area contributed by atoms with Crippen LogP contribution in [0.3, 0.4) is 0 Å². The first kappa shape index (κ1) is 28.6. The molecule has 0 aliphatic rings. The second-order valence-electron chi connectivity index (χ2n) is 7.75. The maximum absolute atomic E-state index is 12.1. The van der Waals surface area contributed by atoms with Crippen molar-refractivity contribution in [2.45, 2.75) is 20.0 Å². The fraction of sp³-hybridized carbons (Fsp3) is 0.154. The number of ether oxygens (including phenoxy) is 1. The minimum atomic E-state index is -0.971. The predicted octanol–water partition coefficient (Wildman–Crippen LogP) is 2.13. The molecule has 0 aliphatic carbocycles. The Labute approximate surface area is 227 Å². The van der Waals surface area contributed by atoms with Crippen LogP contribution < -0.4 is 21.4 Å². The Morgan fingerprint density at radius 2 is 1.51 bits per heavy atom. The lowest BCUT2D eigenvalue weighted by Gasteiger charge is -2.07. The summed E-state index contributed by atoms with van der Waals surface area (Å²) in [4.78, 5) is 59.6. The second-order valence-corrected chi connectivity index (χ2v) is 8.18. The summed E-state index contributed by atoms with van der Waals surface area (Å²) in [5, 5.41) is 11.5. The lowest BCUT2D eigenvalue weighted by molar-refractivity contribution is -0.139. The van der Waals surface area contributed by atoms with Gasteiger partial charge < -0.3 is 25.1 Å². The van der Waals surface area contributed by atoms with Crippen molar-refractivity contribution >= 4 is 53.1 Å². The van der Waals surface area contributed by atoms with Crippen LogP contribution in [-0.2, 0) is 37.0 Å². The molecule has 1 aromatic heterocycles. The van der Waals surface area contributed by atoms with Crippen LogP contribution in [0.2, 0.25) is 5.02 Å². The first-order valence-electron chi connectivity index (χ1n) is 11.6. The Morgan fingerprint density at radius 1 is 0.846 bits per heavy atom. The van der Waals surface area contributed by atoms with E-state index in [9.17, 15) is 24.0 Å². The third kappa shape index (κ3) is 9.13. The van der Waals surface area contributed by atoms with Crippen molar-refractivity contribution in [1.29, 1.82) is 0 Å². The van der Waals surface area contributed by atoms with Crippen molar-refractivity contribution in [2.24, 2.45) is 5.10 Å². The number of benzene rings is 2. The van der Waals surface area contributed by atoms with Crippen molar-refractivity contribution in [3.05, 3.63) is 88.3 Å².